The molecule has 2 fully saturated rings. The fourth-order valence-electron chi connectivity index (χ4n) is 1.67. The zero-order valence-corrected chi connectivity index (χ0v) is 7.71. The first-order valence-corrected chi connectivity index (χ1v) is 4.98. The molecule has 2 N–H and O–H groups in total. The Morgan fingerprint density at radius 3 is 2.85 bits per heavy atom. The second kappa shape index (κ2) is 4.07. The second-order valence-electron chi connectivity index (χ2n) is 3.72. The summed E-state index contributed by atoms with van der Waals surface area (Å²) >= 11 is 0. The highest BCUT2D eigenvalue weighted by Gasteiger charge is 2.26. The molecule has 74 valence electrons. The molecule has 1 unspecified atom stereocenters. The lowest BCUT2D eigenvalue weighted by atomic mass is 10.1. The Morgan fingerprint density at radius 1 is 1.46 bits per heavy atom. The van der Waals surface area contributed by atoms with Crippen LogP contribution in [-0.4, -0.2) is 37.7 Å². The maximum Gasteiger partial charge on any atom is 0.237 e. The van der Waals surface area contributed by atoms with Crippen LogP contribution >= 0.6 is 0 Å². The molecule has 0 bridgehead atoms. The fraction of sp³-hybridized carbons (Fsp3) is 0.889. The molecule has 0 aromatic heterocycles. The van der Waals surface area contributed by atoms with E-state index < -0.39 is 0 Å². The summed E-state index contributed by atoms with van der Waals surface area (Å²) in [5.74, 6) is 0.141. The molecule has 2 atom stereocenters. The van der Waals surface area contributed by atoms with E-state index in [9.17, 15) is 4.79 Å². The van der Waals surface area contributed by atoms with Gasteiger partial charge in [-0.25, -0.2) is 0 Å². The van der Waals surface area contributed by atoms with Crippen molar-refractivity contribution in [3.8, 4) is 0 Å². The van der Waals surface area contributed by atoms with Crippen LogP contribution in [0.15, 0.2) is 0 Å². The molecule has 4 heteroatoms. The first kappa shape index (κ1) is 8.97. The number of carbonyl (C=O) groups is 1. The predicted octanol–water partition coefficient (Wildman–Crippen LogP) is -0.357. The minimum atomic E-state index is 0.0573. The number of carbonyl (C=O) groups excluding carboxylic acids is 1. The Kier molecular flexibility index (Phi) is 2.80. The number of rotatable bonds is 2. The van der Waals surface area contributed by atoms with Gasteiger partial charge in [0.05, 0.1) is 18.7 Å². The topological polar surface area (TPSA) is 50.4 Å². The van der Waals surface area contributed by atoms with Crippen molar-refractivity contribution >= 4 is 5.91 Å². The molecule has 0 radical (unpaired) electrons. The SMILES string of the molecule is O=C(NC1CCCOC1)[C@@H]1CCN1. The summed E-state index contributed by atoms with van der Waals surface area (Å²) in [7, 11) is 0. The Bertz CT molecular complexity index is 186. The maximum atomic E-state index is 11.5. The zero-order chi connectivity index (χ0) is 9.10. The smallest absolute Gasteiger partial charge is 0.237 e. The normalized spacial score (nSPS) is 33.5. The third kappa shape index (κ3) is 2.19. The molecule has 1 amide bonds. The molecule has 0 saturated carbocycles. The van der Waals surface area contributed by atoms with Gasteiger partial charge >= 0.3 is 0 Å². The number of hydrogen-bond donors (Lipinski definition) is 2. The van der Waals surface area contributed by atoms with Gasteiger partial charge in [-0.05, 0) is 25.8 Å². The van der Waals surface area contributed by atoms with Crippen LogP contribution in [0.4, 0.5) is 0 Å². The van der Waals surface area contributed by atoms with Crippen molar-refractivity contribution in [1.82, 2.24) is 10.6 Å². The summed E-state index contributed by atoms with van der Waals surface area (Å²) < 4.78 is 5.28. The van der Waals surface area contributed by atoms with E-state index in [1.54, 1.807) is 0 Å². The Hall–Kier alpha value is -0.610. The molecule has 0 aliphatic carbocycles. The third-order valence-electron chi connectivity index (χ3n) is 2.65. The molecule has 0 aromatic carbocycles. The van der Waals surface area contributed by atoms with Gasteiger partial charge in [-0.3, -0.25) is 4.79 Å². The highest BCUT2D eigenvalue weighted by molar-refractivity contribution is 5.82. The summed E-state index contributed by atoms with van der Waals surface area (Å²) in [6.07, 6.45) is 3.08. The van der Waals surface area contributed by atoms with Gasteiger partial charge in [0.2, 0.25) is 5.91 Å². The van der Waals surface area contributed by atoms with Gasteiger partial charge in [0, 0.05) is 6.61 Å². The summed E-state index contributed by atoms with van der Waals surface area (Å²) in [5.41, 5.74) is 0. The Morgan fingerprint density at radius 2 is 2.31 bits per heavy atom. The lowest BCUT2D eigenvalue weighted by Gasteiger charge is -2.30. The van der Waals surface area contributed by atoms with E-state index in [-0.39, 0.29) is 18.0 Å². The van der Waals surface area contributed by atoms with E-state index in [1.165, 1.54) is 0 Å². The van der Waals surface area contributed by atoms with Crippen LogP contribution in [-0.2, 0) is 9.53 Å². The number of ether oxygens (including phenoxy) is 1. The Labute approximate surface area is 78.0 Å². The molecule has 4 nitrogen and oxygen atoms in total. The highest BCUT2D eigenvalue weighted by atomic mass is 16.5. The summed E-state index contributed by atoms with van der Waals surface area (Å²) in [4.78, 5) is 11.5. The van der Waals surface area contributed by atoms with E-state index in [0.717, 1.165) is 32.4 Å². The van der Waals surface area contributed by atoms with Crippen LogP contribution in [0.2, 0.25) is 0 Å². The third-order valence-corrected chi connectivity index (χ3v) is 2.65. The van der Waals surface area contributed by atoms with Crippen molar-refractivity contribution in [3.63, 3.8) is 0 Å². The van der Waals surface area contributed by atoms with Gasteiger partial charge in [0.25, 0.3) is 0 Å². The van der Waals surface area contributed by atoms with Crippen LogP contribution < -0.4 is 10.6 Å². The number of nitrogens with one attached hydrogen (secondary N) is 2. The minimum Gasteiger partial charge on any atom is -0.379 e. The van der Waals surface area contributed by atoms with E-state index in [1.807, 2.05) is 0 Å². The van der Waals surface area contributed by atoms with Crippen LogP contribution in [0.3, 0.4) is 0 Å². The lowest BCUT2D eigenvalue weighted by molar-refractivity contribution is -0.126. The molecule has 2 aliphatic rings. The van der Waals surface area contributed by atoms with Crippen molar-refractivity contribution < 1.29 is 9.53 Å². The quantitative estimate of drug-likeness (QED) is 0.616. The van der Waals surface area contributed by atoms with Crippen molar-refractivity contribution in [2.45, 2.75) is 31.3 Å². The number of hydrogen-bond acceptors (Lipinski definition) is 3. The monoisotopic (exact) mass is 184 g/mol. The summed E-state index contributed by atoms with van der Waals surface area (Å²) in [6.45, 7) is 2.49. The van der Waals surface area contributed by atoms with Gasteiger partial charge < -0.3 is 15.4 Å². The first-order valence-electron chi connectivity index (χ1n) is 4.98. The van der Waals surface area contributed by atoms with Crippen LogP contribution in [0.5, 0.6) is 0 Å². The van der Waals surface area contributed by atoms with Crippen LogP contribution in [0, 0.1) is 0 Å². The molecule has 0 aromatic rings. The van der Waals surface area contributed by atoms with Crippen LogP contribution in [0.1, 0.15) is 19.3 Å². The maximum absolute atomic E-state index is 11.5. The summed E-state index contributed by atoms with van der Waals surface area (Å²) in [6, 6.07) is 0.297. The lowest BCUT2D eigenvalue weighted by Crippen LogP contribution is -2.56. The molecule has 0 spiro atoms. The van der Waals surface area contributed by atoms with E-state index in [2.05, 4.69) is 10.6 Å². The van der Waals surface area contributed by atoms with Gasteiger partial charge in [-0.1, -0.05) is 0 Å². The van der Waals surface area contributed by atoms with Crippen molar-refractivity contribution in [3.05, 3.63) is 0 Å². The molecular formula is C9H16N2O2. The zero-order valence-electron chi connectivity index (χ0n) is 7.71. The highest BCUT2D eigenvalue weighted by Crippen LogP contribution is 2.08. The van der Waals surface area contributed by atoms with Crippen molar-refractivity contribution in [2.24, 2.45) is 0 Å². The largest absolute Gasteiger partial charge is 0.379 e. The molecular weight excluding hydrogens is 168 g/mol. The second-order valence-corrected chi connectivity index (χ2v) is 3.72. The van der Waals surface area contributed by atoms with Crippen LogP contribution in [0.25, 0.3) is 0 Å². The minimum absolute atomic E-state index is 0.0573. The average molecular weight is 184 g/mol. The fourth-order valence-corrected chi connectivity index (χ4v) is 1.67. The number of amides is 1. The standard InChI is InChI=1S/C9H16N2O2/c12-9(8-3-4-10-8)11-7-2-1-5-13-6-7/h7-8,10H,1-6H2,(H,11,12)/t7?,8-/m0/s1. The van der Waals surface area contributed by atoms with Gasteiger partial charge in [0.1, 0.15) is 0 Å². The summed E-state index contributed by atoms with van der Waals surface area (Å²) in [5, 5.41) is 6.08. The van der Waals surface area contributed by atoms with Gasteiger partial charge in [-0.15, -0.1) is 0 Å². The predicted molar refractivity (Wildman–Crippen MR) is 48.4 cm³/mol. The molecule has 2 heterocycles. The van der Waals surface area contributed by atoms with E-state index in [4.69, 9.17) is 4.74 Å². The van der Waals surface area contributed by atoms with Gasteiger partial charge in [0.15, 0.2) is 0 Å². The molecule has 2 aliphatic heterocycles. The van der Waals surface area contributed by atoms with E-state index >= 15 is 0 Å². The van der Waals surface area contributed by atoms with Gasteiger partial charge in [-0.2, -0.15) is 0 Å². The van der Waals surface area contributed by atoms with Crippen molar-refractivity contribution in [1.29, 1.82) is 0 Å². The Balaban J connectivity index is 1.72. The average Bonchev–Trinajstić information content (AvgIpc) is 2.02. The first-order chi connectivity index (χ1) is 6.36. The molecule has 2 rings (SSSR count). The van der Waals surface area contributed by atoms with E-state index in [0.29, 0.717) is 6.61 Å². The molecule has 2 saturated heterocycles. The molecule has 13 heavy (non-hydrogen) atoms. The van der Waals surface area contributed by atoms with Crippen molar-refractivity contribution in [2.75, 3.05) is 19.8 Å².